The van der Waals surface area contributed by atoms with Crippen LogP contribution in [0.25, 0.3) is 0 Å². The van der Waals surface area contributed by atoms with Crippen molar-refractivity contribution in [2.45, 2.75) is 44.8 Å². The number of hydrogen-bond donors (Lipinski definition) is 2. The number of nitrogens with one attached hydrogen (secondary N) is 1. The maximum atomic E-state index is 12.2. The molecule has 1 aliphatic carbocycles. The molecule has 25 heavy (non-hydrogen) atoms. The molecule has 0 unspecified atom stereocenters. The minimum Gasteiger partial charge on any atom is -0.485 e. The third-order valence-electron chi connectivity index (χ3n) is 4.27. The van der Waals surface area contributed by atoms with Crippen molar-refractivity contribution in [3.8, 4) is 5.75 Å². The van der Waals surface area contributed by atoms with Gasteiger partial charge in [-0.15, -0.1) is 0 Å². The summed E-state index contributed by atoms with van der Waals surface area (Å²) in [5, 5.41) is 15.7. The van der Waals surface area contributed by atoms with E-state index in [-0.39, 0.29) is 6.61 Å². The Morgan fingerprint density at radius 2 is 2.04 bits per heavy atom. The number of carboxylic acids is 1. The third kappa shape index (κ3) is 3.62. The Kier molecular flexibility index (Phi) is 4.69. The van der Waals surface area contributed by atoms with Gasteiger partial charge in [-0.25, -0.2) is 4.79 Å². The summed E-state index contributed by atoms with van der Waals surface area (Å²) in [5.74, 6) is 0.162. The van der Waals surface area contributed by atoms with Crippen LogP contribution in [0.5, 0.6) is 5.75 Å². The largest absolute Gasteiger partial charge is 0.485 e. The predicted molar refractivity (Wildman–Crippen MR) is 86.1 cm³/mol. The van der Waals surface area contributed by atoms with E-state index in [9.17, 15) is 14.7 Å². The fourth-order valence-corrected chi connectivity index (χ4v) is 2.55. The van der Waals surface area contributed by atoms with Crippen molar-refractivity contribution in [2.75, 3.05) is 0 Å². The molecule has 0 atom stereocenters. The number of carboxylic acid groups (broad SMARTS) is 1. The van der Waals surface area contributed by atoms with Crippen molar-refractivity contribution in [2.24, 2.45) is 0 Å². The summed E-state index contributed by atoms with van der Waals surface area (Å²) in [7, 11) is 0. The minimum absolute atomic E-state index is 0.164. The molecule has 8 nitrogen and oxygen atoms in total. The lowest BCUT2D eigenvalue weighted by molar-refractivity contribution is -0.148. The molecule has 1 aliphatic rings. The molecule has 0 radical (unpaired) electrons. The Morgan fingerprint density at radius 1 is 1.32 bits per heavy atom. The maximum absolute atomic E-state index is 12.2. The van der Waals surface area contributed by atoms with Gasteiger partial charge in [-0.1, -0.05) is 12.1 Å². The lowest BCUT2D eigenvalue weighted by atomic mass is 9.76. The summed E-state index contributed by atoms with van der Waals surface area (Å²) in [6.45, 7) is 2.08. The van der Waals surface area contributed by atoms with Gasteiger partial charge in [-0.2, -0.15) is 4.98 Å². The van der Waals surface area contributed by atoms with Crippen molar-refractivity contribution in [3.05, 3.63) is 41.5 Å². The van der Waals surface area contributed by atoms with Crippen LogP contribution in [0.3, 0.4) is 0 Å². The fourth-order valence-electron chi connectivity index (χ4n) is 2.55. The normalized spacial score (nSPS) is 15.2. The molecule has 2 N–H and O–H groups in total. The molecule has 1 aromatic heterocycles. The van der Waals surface area contributed by atoms with Crippen molar-refractivity contribution in [1.82, 2.24) is 15.5 Å². The Balaban J connectivity index is 1.58. The Hall–Kier alpha value is -2.90. The van der Waals surface area contributed by atoms with E-state index < -0.39 is 17.4 Å². The third-order valence-corrected chi connectivity index (χ3v) is 4.27. The highest BCUT2D eigenvalue weighted by Crippen LogP contribution is 2.32. The topological polar surface area (TPSA) is 115 Å². The predicted octanol–water partition coefficient (Wildman–Crippen LogP) is 1.95. The monoisotopic (exact) mass is 345 g/mol. The van der Waals surface area contributed by atoms with Gasteiger partial charge in [0.05, 0.1) is 0 Å². The number of aromatic nitrogens is 2. The second-order valence-electron chi connectivity index (χ2n) is 5.97. The number of carbonyl (C=O) groups excluding carboxylic acids is 1. The van der Waals surface area contributed by atoms with Crippen LogP contribution in [0.1, 0.15) is 48.3 Å². The highest BCUT2D eigenvalue weighted by Gasteiger charge is 2.45. The van der Waals surface area contributed by atoms with Crippen molar-refractivity contribution >= 4 is 11.9 Å². The van der Waals surface area contributed by atoms with Gasteiger partial charge in [-0.05, 0) is 43.5 Å². The number of rotatable bonds is 7. The molecule has 1 saturated carbocycles. The quantitative estimate of drug-likeness (QED) is 0.788. The first-order chi connectivity index (χ1) is 12.0. The number of amides is 1. The fraction of sp³-hybridized carbons (Fsp3) is 0.412. The van der Waals surface area contributed by atoms with Crippen LogP contribution in [-0.2, 0) is 17.8 Å². The number of carbonyl (C=O) groups is 2. The van der Waals surface area contributed by atoms with Crippen molar-refractivity contribution in [3.63, 3.8) is 0 Å². The molecule has 2 aromatic rings. The van der Waals surface area contributed by atoms with E-state index >= 15 is 0 Å². The summed E-state index contributed by atoms with van der Waals surface area (Å²) in [5.41, 5.74) is -0.741. The minimum atomic E-state index is -1.12. The average molecular weight is 345 g/mol. The van der Waals surface area contributed by atoms with Crippen LogP contribution < -0.4 is 10.1 Å². The van der Waals surface area contributed by atoms with Crippen LogP contribution in [0.2, 0.25) is 0 Å². The van der Waals surface area contributed by atoms with E-state index in [4.69, 9.17) is 9.26 Å². The van der Waals surface area contributed by atoms with Gasteiger partial charge in [-0.3, -0.25) is 4.79 Å². The van der Waals surface area contributed by atoms with Gasteiger partial charge >= 0.3 is 5.97 Å². The molecular weight excluding hydrogens is 326 g/mol. The number of aliphatic carboxylic acids is 1. The number of hydrogen-bond acceptors (Lipinski definition) is 6. The molecule has 3 rings (SSSR count). The average Bonchev–Trinajstić information content (AvgIpc) is 3.04. The molecule has 132 valence electrons. The summed E-state index contributed by atoms with van der Waals surface area (Å²) in [4.78, 5) is 27.7. The Labute approximate surface area is 144 Å². The molecule has 1 amide bonds. The van der Waals surface area contributed by atoms with E-state index in [1.165, 1.54) is 0 Å². The van der Waals surface area contributed by atoms with Gasteiger partial charge in [0, 0.05) is 12.0 Å². The van der Waals surface area contributed by atoms with Crippen molar-refractivity contribution < 1.29 is 24.0 Å². The molecule has 0 saturated heterocycles. The van der Waals surface area contributed by atoms with Gasteiger partial charge in [0.15, 0.2) is 6.61 Å². The van der Waals surface area contributed by atoms with E-state index in [0.29, 0.717) is 42.3 Å². The number of nitrogens with zero attached hydrogens (tertiary/aromatic N) is 2. The molecule has 0 bridgehead atoms. The van der Waals surface area contributed by atoms with Crippen LogP contribution in [0, 0.1) is 0 Å². The smallest absolute Gasteiger partial charge is 0.329 e. The van der Waals surface area contributed by atoms with Crippen LogP contribution in [-0.4, -0.2) is 32.7 Å². The second kappa shape index (κ2) is 6.92. The first kappa shape index (κ1) is 16.9. The second-order valence-corrected chi connectivity index (χ2v) is 5.97. The molecule has 0 spiro atoms. The van der Waals surface area contributed by atoms with Crippen molar-refractivity contribution in [1.29, 1.82) is 0 Å². The first-order valence-corrected chi connectivity index (χ1v) is 8.12. The lowest BCUT2D eigenvalue weighted by Gasteiger charge is -2.38. The molecular formula is C17H19N3O5. The first-order valence-electron chi connectivity index (χ1n) is 8.12. The zero-order valence-corrected chi connectivity index (χ0v) is 13.8. The van der Waals surface area contributed by atoms with Crippen LogP contribution in [0.4, 0.5) is 0 Å². The number of benzene rings is 1. The van der Waals surface area contributed by atoms with E-state index in [0.717, 1.165) is 6.42 Å². The molecule has 1 aromatic carbocycles. The highest BCUT2D eigenvalue weighted by atomic mass is 16.5. The summed E-state index contributed by atoms with van der Waals surface area (Å²) >= 11 is 0. The van der Waals surface area contributed by atoms with Gasteiger partial charge < -0.3 is 19.7 Å². The zero-order valence-electron chi connectivity index (χ0n) is 13.8. The van der Waals surface area contributed by atoms with Gasteiger partial charge in [0.1, 0.15) is 11.3 Å². The van der Waals surface area contributed by atoms with E-state index in [2.05, 4.69) is 15.5 Å². The highest BCUT2D eigenvalue weighted by molar-refractivity contribution is 5.98. The van der Waals surface area contributed by atoms with E-state index in [1.54, 1.807) is 24.3 Å². The number of aryl methyl sites for hydroxylation is 1. The zero-order chi connectivity index (χ0) is 17.9. The van der Waals surface area contributed by atoms with Gasteiger partial charge in [0.2, 0.25) is 11.7 Å². The van der Waals surface area contributed by atoms with Crippen LogP contribution >= 0.6 is 0 Å². The van der Waals surface area contributed by atoms with Crippen LogP contribution in [0.15, 0.2) is 28.8 Å². The molecule has 8 heteroatoms. The lowest BCUT2D eigenvalue weighted by Crippen LogP contribution is -2.59. The maximum Gasteiger partial charge on any atom is 0.329 e. The summed E-state index contributed by atoms with van der Waals surface area (Å²) in [6.07, 6.45) is 2.38. The summed E-state index contributed by atoms with van der Waals surface area (Å²) in [6, 6.07) is 6.47. The molecule has 1 heterocycles. The Morgan fingerprint density at radius 3 is 2.56 bits per heavy atom. The standard InChI is InChI=1S/C17H19N3O5/c1-2-14-18-13(20-25-14)10-24-12-6-4-11(5-7-12)15(21)19-17(16(22)23)8-3-9-17/h4-7H,2-3,8-10H2,1H3,(H,19,21)(H,22,23). The van der Waals surface area contributed by atoms with Gasteiger partial charge in [0.25, 0.3) is 5.91 Å². The molecule has 1 fully saturated rings. The SMILES string of the molecule is CCc1nc(COc2ccc(C(=O)NC3(C(=O)O)CCC3)cc2)no1. The Bertz CT molecular complexity index is 765. The van der Waals surface area contributed by atoms with E-state index in [1.807, 2.05) is 6.92 Å². The summed E-state index contributed by atoms with van der Waals surface area (Å²) < 4.78 is 10.5. The molecule has 0 aliphatic heterocycles. The number of ether oxygens (including phenoxy) is 1.